The van der Waals surface area contributed by atoms with Crippen LogP contribution < -0.4 is 10.5 Å². The second kappa shape index (κ2) is 9.12. The highest BCUT2D eigenvalue weighted by Crippen LogP contribution is 2.34. The quantitative estimate of drug-likeness (QED) is 0.655. The van der Waals surface area contributed by atoms with Crippen LogP contribution in [0.3, 0.4) is 0 Å². The van der Waals surface area contributed by atoms with Crippen LogP contribution in [0.1, 0.15) is 29.8 Å². The summed E-state index contributed by atoms with van der Waals surface area (Å²) in [5, 5.41) is 11.5. The Morgan fingerprint density at radius 2 is 1.87 bits per heavy atom. The molecule has 3 heterocycles. The number of piperazine rings is 1. The van der Waals surface area contributed by atoms with E-state index in [0.717, 1.165) is 43.3 Å². The summed E-state index contributed by atoms with van der Waals surface area (Å²) in [7, 11) is 0. The summed E-state index contributed by atoms with van der Waals surface area (Å²) in [5.41, 5.74) is 1.90. The smallest absolute Gasteiger partial charge is 0.259 e. The highest BCUT2D eigenvalue weighted by molar-refractivity contribution is 6.30. The van der Waals surface area contributed by atoms with Gasteiger partial charge in [-0.1, -0.05) is 29.8 Å². The van der Waals surface area contributed by atoms with Gasteiger partial charge in [0.1, 0.15) is 11.6 Å². The van der Waals surface area contributed by atoms with Crippen molar-refractivity contribution in [3.05, 3.63) is 86.9 Å². The van der Waals surface area contributed by atoms with Crippen molar-refractivity contribution in [2.75, 3.05) is 31.1 Å². The van der Waals surface area contributed by atoms with E-state index < -0.39 is 0 Å². The molecule has 7 heteroatoms. The number of halogens is 1. The molecule has 6 nitrogen and oxygen atoms in total. The van der Waals surface area contributed by atoms with Gasteiger partial charge in [0.05, 0.1) is 11.6 Å². The minimum Gasteiger partial charge on any atom is -0.507 e. The van der Waals surface area contributed by atoms with E-state index in [4.69, 9.17) is 11.6 Å². The van der Waals surface area contributed by atoms with Crippen LogP contribution in [0.4, 0.5) is 5.82 Å². The number of pyridine rings is 2. The molecule has 31 heavy (non-hydrogen) atoms. The summed E-state index contributed by atoms with van der Waals surface area (Å²) in [6.07, 6.45) is 1.80. The lowest BCUT2D eigenvalue weighted by Gasteiger charge is -2.40. The number of aryl methyl sites for hydroxylation is 1. The highest BCUT2D eigenvalue weighted by atomic mass is 35.5. The van der Waals surface area contributed by atoms with Crippen LogP contribution in [0, 0.1) is 6.92 Å². The molecule has 1 atom stereocenters. The van der Waals surface area contributed by atoms with Gasteiger partial charge in [0.15, 0.2) is 0 Å². The van der Waals surface area contributed by atoms with Gasteiger partial charge in [0.2, 0.25) is 0 Å². The molecular weight excluding hydrogens is 412 g/mol. The number of aromatic hydroxyl groups is 1. The first-order valence-electron chi connectivity index (χ1n) is 10.6. The van der Waals surface area contributed by atoms with Crippen molar-refractivity contribution < 1.29 is 5.11 Å². The van der Waals surface area contributed by atoms with E-state index in [1.807, 2.05) is 56.3 Å². The molecule has 1 unspecified atom stereocenters. The van der Waals surface area contributed by atoms with E-state index in [1.165, 1.54) is 0 Å². The summed E-state index contributed by atoms with van der Waals surface area (Å²) in [4.78, 5) is 22.3. The summed E-state index contributed by atoms with van der Waals surface area (Å²) >= 11 is 6.30. The number of rotatable bonds is 5. The molecule has 1 aromatic carbocycles. The zero-order valence-electron chi connectivity index (χ0n) is 17.8. The molecule has 0 spiro atoms. The summed E-state index contributed by atoms with van der Waals surface area (Å²) in [6, 6.07) is 14.8. The van der Waals surface area contributed by atoms with Gasteiger partial charge in [-0.15, -0.1) is 0 Å². The zero-order valence-corrected chi connectivity index (χ0v) is 18.6. The predicted molar refractivity (Wildman–Crippen MR) is 124 cm³/mol. The van der Waals surface area contributed by atoms with Gasteiger partial charge in [-0.3, -0.25) is 9.69 Å². The van der Waals surface area contributed by atoms with Gasteiger partial charge in [-0.25, -0.2) is 4.98 Å². The monoisotopic (exact) mass is 438 g/mol. The molecule has 1 N–H and O–H groups in total. The average molecular weight is 439 g/mol. The Kier molecular flexibility index (Phi) is 6.30. The molecule has 1 saturated heterocycles. The third kappa shape index (κ3) is 4.31. The van der Waals surface area contributed by atoms with Crippen LogP contribution in [-0.4, -0.2) is 45.7 Å². The van der Waals surface area contributed by atoms with Gasteiger partial charge in [-0.05, 0) is 49.7 Å². The molecule has 0 radical (unpaired) electrons. The van der Waals surface area contributed by atoms with Crippen LogP contribution in [0.15, 0.2) is 59.5 Å². The predicted octanol–water partition coefficient (Wildman–Crippen LogP) is 3.84. The first-order valence-corrected chi connectivity index (χ1v) is 11.0. The van der Waals surface area contributed by atoms with Crippen molar-refractivity contribution in [1.82, 2.24) is 14.5 Å². The molecule has 4 rings (SSSR count). The molecule has 1 aliphatic rings. The number of anilines is 1. The van der Waals surface area contributed by atoms with Gasteiger partial charge >= 0.3 is 0 Å². The maximum absolute atomic E-state index is 13.4. The summed E-state index contributed by atoms with van der Waals surface area (Å²) in [5.74, 6) is 0.984. The second-order valence-corrected chi connectivity index (χ2v) is 8.24. The Bertz CT molecular complexity index is 1110. The van der Waals surface area contributed by atoms with Gasteiger partial charge in [0, 0.05) is 49.6 Å². The fourth-order valence-electron chi connectivity index (χ4n) is 4.41. The van der Waals surface area contributed by atoms with Crippen LogP contribution in [0.5, 0.6) is 5.75 Å². The Morgan fingerprint density at radius 1 is 1.10 bits per heavy atom. The molecule has 0 bridgehead atoms. The normalized spacial score (nSPS) is 15.8. The van der Waals surface area contributed by atoms with E-state index in [-0.39, 0.29) is 17.4 Å². The largest absolute Gasteiger partial charge is 0.507 e. The lowest BCUT2D eigenvalue weighted by molar-refractivity contribution is 0.207. The van der Waals surface area contributed by atoms with Crippen LogP contribution in [-0.2, 0) is 6.54 Å². The van der Waals surface area contributed by atoms with Crippen LogP contribution in [0.25, 0.3) is 0 Å². The maximum Gasteiger partial charge on any atom is 0.259 e. The van der Waals surface area contributed by atoms with Crippen molar-refractivity contribution in [1.29, 1.82) is 0 Å². The van der Waals surface area contributed by atoms with Gasteiger partial charge < -0.3 is 14.6 Å². The number of benzene rings is 1. The van der Waals surface area contributed by atoms with Crippen LogP contribution in [0.2, 0.25) is 5.02 Å². The van der Waals surface area contributed by atoms with E-state index >= 15 is 0 Å². The number of hydrogen-bond acceptors (Lipinski definition) is 5. The zero-order chi connectivity index (χ0) is 22.0. The van der Waals surface area contributed by atoms with Crippen molar-refractivity contribution in [3.63, 3.8) is 0 Å². The fourth-order valence-corrected chi connectivity index (χ4v) is 4.60. The standard InChI is InChI=1S/C24H27ClN4O2/c1-3-29-17(2)15-20(30)22(24(29)31)23(18-7-6-8-19(25)16-18)28-13-11-27(12-14-28)21-9-4-5-10-26-21/h4-10,15-16,23,30H,3,11-14H2,1-2H3. The minimum atomic E-state index is -0.379. The van der Waals surface area contributed by atoms with Crippen molar-refractivity contribution in [2.24, 2.45) is 0 Å². The molecule has 0 saturated carbocycles. The molecule has 162 valence electrons. The Labute approximate surface area is 187 Å². The second-order valence-electron chi connectivity index (χ2n) is 7.80. The van der Waals surface area contributed by atoms with Crippen molar-refractivity contribution >= 4 is 17.4 Å². The molecular formula is C24H27ClN4O2. The SMILES string of the molecule is CCn1c(C)cc(O)c(C(c2cccc(Cl)c2)N2CCN(c3ccccn3)CC2)c1=O. The summed E-state index contributed by atoms with van der Waals surface area (Å²) in [6.45, 7) is 7.35. The summed E-state index contributed by atoms with van der Waals surface area (Å²) < 4.78 is 1.71. The van der Waals surface area contributed by atoms with Crippen molar-refractivity contribution in [3.8, 4) is 5.75 Å². The van der Waals surface area contributed by atoms with E-state index in [2.05, 4.69) is 14.8 Å². The van der Waals surface area contributed by atoms with E-state index in [1.54, 1.807) is 16.8 Å². The number of nitrogens with zero attached hydrogens (tertiary/aromatic N) is 4. The third-order valence-electron chi connectivity index (χ3n) is 5.93. The number of aromatic nitrogens is 2. The molecule has 3 aromatic rings. The molecule has 2 aromatic heterocycles. The van der Waals surface area contributed by atoms with Gasteiger partial charge in [0.25, 0.3) is 5.56 Å². The average Bonchev–Trinajstić information content (AvgIpc) is 2.77. The molecule has 0 aliphatic carbocycles. The first-order chi connectivity index (χ1) is 15.0. The highest BCUT2D eigenvalue weighted by Gasteiger charge is 2.31. The Hall–Kier alpha value is -2.83. The number of hydrogen-bond donors (Lipinski definition) is 1. The Morgan fingerprint density at radius 3 is 2.52 bits per heavy atom. The molecule has 0 amide bonds. The Balaban J connectivity index is 1.73. The third-order valence-corrected chi connectivity index (χ3v) is 6.16. The topological polar surface area (TPSA) is 61.6 Å². The fraction of sp³-hybridized carbons (Fsp3) is 0.333. The van der Waals surface area contributed by atoms with Crippen LogP contribution >= 0.6 is 11.6 Å². The van der Waals surface area contributed by atoms with Gasteiger partial charge in [-0.2, -0.15) is 0 Å². The lowest BCUT2D eigenvalue weighted by Crippen LogP contribution is -2.49. The van der Waals surface area contributed by atoms with E-state index in [9.17, 15) is 9.90 Å². The minimum absolute atomic E-state index is 0.0318. The molecule has 1 fully saturated rings. The van der Waals surface area contributed by atoms with E-state index in [0.29, 0.717) is 17.1 Å². The lowest BCUT2D eigenvalue weighted by atomic mass is 9.96. The van der Waals surface area contributed by atoms with Crippen molar-refractivity contribution in [2.45, 2.75) is 26.4 Å². The maximum atomic E-state index is 13.4. The molecule has 1 aliphatic heterocycles. The first kappa shape index (κ1) is 21.4.